The summed E-state index contributed by atoms with van der Waals surface area (Å²) in [6.07, 6.45) is 3.52. The van der Waals surface area contributed by atoms with Crippen LogP contribution in [-0.4, -0.2) is 105 Å². The summed E-state index contributed by atoms with van der Waals surface area (Å²) in [6, 6.07) is 25.0. The van der Waals surface area contributed by atoms with Gasteiger partial charge in [-0.15, -0.1) is 0 Å². The zero-order chi connectivity index (χ0) is 48.6. The van der Waals surface area contributed by atoms with Gasteiger partial charge in [0.25, 0.3) is 0 Å². The van der Waals surface area contributed by atoms with Crippen molar-refractivity contribution in [3.63, 3.8) is 0 Å². The molecule has 3 amide bonds. The molecule has 3 aliphatic rings. The van der Waals surface area contributed by atoms with Crippen LogP contribution in [0.15, 0.2) is 110 Å². The normalized spacial score (nSPS) is 20.1. The first-order chi connectivity index (χ1) is 32.6. The van der Waals surface area contributed by atoms with Crippen molar-refractivity contribution in [3.8, 4) is 22.9 Å². The minimum Gasteiger partial charge on any atom is -0.497 e. The van der Waals surface area contributed by atoms with Gasteiger partial charge in [0.05, 0.1) is 65.6 Å². The molecule has 0 unspecified atom stereocenters. The Morgan fingerprint density at radius 3 is 1.45 bits per heavy atom. The van der Waals surface area contributed by atoms with E-state index in [-0.39, 0.29) is 43.9 Å². The molecule has 2 N–H and O–H groups in total. The van der Waals surface area contributed by atoms with E-state index in [0.717, 1.165) is 11.5 Å². The van der Waals surface area contributed by atoms with Crippen molar-refractivity contribution in [1.82, 2.24) is 40.2 Å². The summed E-state index contributed by atoms with van der Waals surface area (Å²) in [5, 5.41) is 15.7. The van der Waals surface area contributed by atoms with E-state index in [2.05, 4.69) is 55.1 Å². The van der Waals surface area contributed by atoms with Gasteiger partial charge in [0.15, 0.2) is 11.6 Å². The zero-order valence-electron chi connectivity index (χ0n) is 36.5. The number of carbonyl (C=O) groups is 3. The minimum atomic E-state index is -1.66. The molecule has 0 bridgehead atoms. The Morgan fingerprint density at radius 1 is 0.710 bits per heavy atom. The number of hydrogen-bond donors (Lipinski definition) is 2. The van der Waals surface area contributed by atoms with Crippen molar-refractivity contribution >= 4 is 112 Å². The highest BCUT2D eigenvalue weighted by Gasteiger charge is 2.46. The fourth-order valence-electron chi connectivity index (χ4n) is 6.56. The zero-order valence-corrected chi connectivity index (χ0v) is 42.4. The molecular weight excluding hydrogens is 1030 g/mol. The van der Waals surface area contributed by atoms with Crippen LogP contribution < -0.4 is 40.5 Å². The van der Waals surface area contributed by atoms with E-state index in [1.165, 1.54) is 80.2 Å². The predicted octanol–water partition coefficient (Wildman–Crippen LogP) is 7.93. The highest BCUT2D eigenvalue weighted by Crippen LogP contribution is 3.04. The summed E-state index contributed by atoms with van der Waals surface area (Å²) in [4.78, 5) is 45.6. The third-order valence-electron chi connectivity index (χ3n) is 9.93. The topological polar surface area (TPSA) is 180 Å². The van der Waals surface area contributed by atoms with Crippen LogP contribution in [0, 0.1) is 11.6 Å². The van der Waals surface area contributed by atoms with Crippen LogP contribution in [0.4, 0.5) is 29.7 Å². The highest BCUT2D eigenvalue weighted by atomic mass is 33.7. The number of methoxy groups -OCH3 is 2. The van der Waals surface area contributed by atoms with Crippen LogP contribution in [-0.2, 0) is 37.9 Å². The van der Waals surface area contributed by atoms with Crippen LogP contribution in [0.5, 0.6) is 11.5 Å². The van der Waals surface area contributed by atoms with Crippen molar-refractivity contribution in [3.05, 3.63) is 122 Å². The molecule has 0 saturated carbocycles. The number of nitrogens with zero attached hydrogens (tertiary/aromatic N) is 8. The summed E-state index contributed by atoms with van der Waals surface area (Å²) >= 11 is 20.4. The number of nitrogens with one attached hydrogen (secondary N) is 2. The summed E-state index contributed by atoms with van der Waals surface area (Å²) in [7, 11) is 3.34. The molecule has 2 atom stereocenters. The predicted molar refractivity (Wildman–Crippen MR) is 279 cm³/mol. The Kier molecular flexibility index (Phi) is 17.9. The van der Waals surface area contributed by atoms with Crippen molar-refractivity contribution in [2.24, 2.45) is 0 Å². The number of carbonyl (C=O) groups excluding carboxylic acids is 3. The van der Waals surface area contributed by atoms with Gasteiger partial charge in [-0.05, 0) is 91.9 Å². The fourth-order valence-corrected chi connectivity index (χ4v) is 48.9. The lowest BCUT2D eigenvalue weighted by atomic mass is 10.2. The monoisotopic (exact) mass is 1070 g/mol. The molecule has 364 valence electrons. The average Bonchev–Trinajstić information content (AvgIpc) is 4.17. The molecule has 3 fully saturated rings. The summed E-state index contributed by atoms with van der Waals surface area (Å²) in [6.45, 7) is 4.35. The SMILES string of the molecule is C.CC(=O)NC[C@H]1CN(c2ccc(-n3cncn3)c(F)c2)C(=O)O1.CC(=S)NC[C@H]1CN(c2ccc(-n3cncn3)c(F)c2)C(=O)O1.COc1ccc(P2(=S)SP(=S)(c3ccc(OC)cc3)S2)cc1. The quantitative estimate of drug-likeness (QED) is 0.0890. The number of ether oxygens (including phenoxy) is 4. The number of anilines is 2. The molecule has 26 heteroatoms. The second-order valence-electron chi connectivity index (χ2n) is 14.6. The van der Waals surface area contributed by atoms with Gasteiger partial charge in [0.1, 0.15) is 60.4 Å². The molecule has 6 aromatic rings. The van der Waals surface area contributed by atoms with Crippen molar-refractivity contribution in [2.75, 3.05) is 50.2 Å². The molecule has 5 heterocycles. The Labute approximate surface area is 420 Å². The van der Waals surface area contributed by atoms with Crippen molar-refractivity contribution < 1.29 is 42.1 Å². The third-order valence-corrected chi connectivity index (χ3v) is 41.3. The van der Waals surface area contributed by atoms with Crippen LogP contribution in [0.1, 0.15) is 21.3 Å². The first-order valence-electron chi connectivity index (χ1n) is 20.2. The Balaban J connectivity index is 0.000000169. The third kappa shape index (κ3) is 13.0. The Bertz CT molecular complexity index is 2670. The molecule has 17 nitrogen and oxygen atoms in total. The number of rotatable bonds is 12. The van der Waals surface area contributed by atoms with Gasteiger partial charge in [0, 0.05) is 17.5 Å². The summed E-state index contributed by atoms with van der Waals surface area (Å²) in [5.41, 5.74) is 1.29. The maximum atomic E-state index is 14.2. The van der Waals surface area contributed by atoms with Gasteiger partial charge in [-0.3, -0.25) is 14.6 Å². The van der Waals surface area contributed by atoms with Crippen LogP contribution in [0.3, 0.4) is 0 Å². The largest absolute Gasteiger partial charge is 0.497 e. The van der Waals surface area contributed by atoms with E-state index < -0.39 is 38.8 Å². The van der Waals surface area contributed by atoms with Gasteiger partial charge >= 0.3 is 12.2 Å². The smallest absolute Gasteiger partial charge is 0.414 e. The lowest BCUT2D eigenvalue weighted by Crippen LogP contribution is -2.33. The molecular formula is C43H46F2N10O7P2S5. The standard InChI is InChI=1S/C14H14FN5O3.C14H14FN5O2S.C14H14O2P2S4.CH4/c1-9(21)17-5-11-6-19(14(22)23-11)10-2-3-13(12(15)4-10)20-8-16-7-18-20;1-9(23)17-5-11-6-19(14(21)22-11)10-2-3-13(12(15)4-10)20-8-16-7-18-20;1-15-11-3-7-13(8-4-11)17(19)21-18(20,22-17)14-9-5-12(16-2)6-10-14;/h2-4,7-8,11H,5-6H2,1H3,(H,17,21);2-4,7-8,11H,5-6H2,1H3,(H,17,23);3-10H,1-2H3;1H4/t2*11-;;/m00../s1. The average molecular weight is 1080 g/mol. The lowest BCUT2D eigenvalue weighted by molar-refractivity contribution is -0.119. The lowest BCUT2D eigenvalue weighted by Gasteiger charge is -2.40. The molecule has 4 aromatic carbocycles. The Morgan fingerprint density at radius 2 is 1.12 bits per heavy atom. The van der Waals surface area contributed by atoms with Gasteiger partial charge in [-0.2, -0.15) is 10.2 Å². The number of benzene rings is 4. The van der Waals surface area contributed by atoms with Gasteiger partial charge in [0.2, 0.25) is 5.91 Å². The number of aromatic nitrogens is 6. The molecule has 0 aliphatic carbocycles. The first-order valence-corrected chi connectivity index (χ1v) is 30.3. The second-order valence-corrected chi connectivity index (χ2v) is 36.5. The van der Waals surface area contributed by atoms with Crippen molar-refractivity contribution in [1.29, 1.82) is 0 Å². The number of thiocarbonyl (C=S) groups is 1. The molecule has 0 radical (unpaired) electrons. The molecule has 9 rings (SSSR count). The minimum absolute atomic E-state index is 0. The highest BCUT2D eigenvalue weighted by molar-refractivity contribution is 9.48. The number of cyclic esters (lactones) is 2. The molecule has 3 saturated heterocycles. The first kappa shape index (κ1) is 52.9. The van der Waals surface area contributed by atoms with Gasteiger partial charge in [-0.25, -0.2) is 37.7 Å². The van der Waals surface area contributed by atoms with E-state index in [4.69, 9.17) is 54.8 Å². The van der Waals surface area contributed by atoms with Crippen molar-refractivity contribution in [2.45, 2.75) is 33.5 Å². The van der Waals surface area contributed by atoms with Gasteiger partial charge < -0.3 is 29.6 Å². The van der Waals surface area contributed by atoms with E-state index in [0.29, 0.717) is 29.5 Å². The van der Waals surface area contributed by atoms with E-state index in [9.17, 15) is 23.2 Å². The van der Waals surface area contributed by atoms with Crippen LogP contribution >= 0.6 is 43.1 Å². The van der Waals surface area contributed by atoms with E-state index >= 15 is 0 Å². The van der Waals surface area contributed by atoms with Crippen LogP contribution in [0.25, 0.3) is 11.4 Å². The second kappa shape index (κ2) is 23.4. The van der Waals surface area contributed by atoms with E-state index in [1.807, 2.05) is 46.3 Å². The maximum Gasteiger partial charge on any atom is 0.414 e. The summed E-state index contributed by atoms with van der Waals surface area (Å²) < 4.78 is 48.6. The van der Waals surface area contributed by atoms with Crippen LogP contribution in [0.2, 0.25) is 0 Å². The molecule has 0 spiro atoms. The molecule has 69 heavy (non-hydrogen) atoms. The summed E-state index contributed by atoms with van der Waals surface area (Å²) in [5.74, 6) is 0.469. The molecule has 3 aliphatic heterocycles. The van der Waals surface area contributed by atoms with E-state index in [1.54, 1.807) is 39.3 Å². The van der Waals surface area contributed by atoms with Gasteiger partial charge in [-0.1, -0.05) is 65.3 Å². The fraction of sp³-hybridized carbons (Fsp3) is 0.256. The number of halogens is 2. The number of amides is 3. The maximum absolute atomic E-state index is 14.2. The molecule has 2 aromatic heterocycles. The number of hydrogen-bond acceptors (Lipinski definition) is 16. The Hall–Kier alpha value is -5.48.